The molecule has 5 nitrogen and oxygen atoms in total. The molecule has 7 heteroatoms. The second-order valence-corrected chi connectivity index (χ2v) is 7.36. The number of hydrogen-bond donors (Lipinski definition) is 2. The van der Waals surface area contributed by atoms with Crippen molar-refractivity contribution in [2.24, 2.45) is 0 Å². The Morgan fingerprint density at radius 2 is 1.77 bits per heavy atom. The van der Waals surface area contributed by atoms with Gasteiger partial charge in [0.2, 0.25) is 0 Å². The van der Waals surface area contributed by atoms with Gasteiger partial charge in [0.15, 0.2) is 0 Å². The van der Waals surface area contributed by atoms with Crippen LogP contribution in [0.4, 0.5) is 5.69 Å². The molecule has 0 heterocycles. The number of aryl methyl sites for hydroxylation is 2. The molecule has 0 radical (unpaired) electrons. The maximum Gasteiger partial charge on any atom is 0.335 e. The second-order valence-electron chi connectivity index (χ2n) is 4.85. The molecule has 2 aromatic carbocycles. The molecule has 0 aliphatic rings. The van der Waals surface area contributed by atoms with E-state index in [1.54, 1.807) is 25.1 Å². The number of benzene rings is 2. The van der Waals surface area contributed by atoms with E-state index in [9.17, 15) is 13.2 Å². The van der Waals surface area contributed by atoms with Gasteiger partial charge in [0.05, 0.1) is 10.5 Å². The summed E-state index contributed by atoms with van der Waals surface area (Å²) in [6, 6.07) is 9.08. The van der Waals surface area contributed by atoms with Crippen LogP contribution in [0.25, 0.3) is 0 Å². The van der Waals surface area contributed by atoms with Crippen LogP contribution in [0.1, 0.15) is 21.5 Å². The lowest BCUT2D eigenvalue weighted by molar-refractivity contribution is 0.0696. The van der Waals surface area contributed by atoms with Crippen molar-refractivity contribution < 1.29 is 18.3 Å². The minimum absolute atomic E-state index is 0.0482. The molecule has 22 heavy (non-hydrogen) atoms. The molecule has 0 bridgehead atoms. The van der Waals surface area contributed by atoms with Crippen molar-refractivity contribution >= 4 is 37.6 Å². The Hall–Kier alpha value is -1.86. The number of carbonyl (C=O) groups is 1. The predicted molar refractivity (Wildman–Crippen MR) is 87.8 cm³/mol. The summed E-state index contributed by atoms with van der Waals surface area (Å²) in [6.45, 7) is 3.46. The average Bonchev–Trinajstić information content (AvgIpc) is 2.42. The number of anilines is 1. The Balaban J connectivity index is 2.44. The standard InChI is InChI=1S/C15H14BrNO4S/c1-9-3-4-11(15(18)19)8-14(9)22(20,21)17-12-5-6-13(16)10(2)7-12/h3-8,17H,1-2H3,(H,18,19). The summed E-state index contributed by atoms with van der Waals surface area (Å²) >= 11 is 3.35. The fraction of sp³-hybridized carbons (Fsp3) is 0.133. The van der Waals surface area contributed by atoms with Crippen LogP contribution in [0.2, 0.25) is 0 Å². The van der Waals surface area contributed by atoms with Crippen LogP contribution in [0, 0.1) is 13.8 Å². The van der Waals surface area contributed by atoms with E-state index in [2.05, 4.69) is 20.7 Å². The van der Waals surface area contributed by atoms with E-state index < -0.39 is 16.0 Å². The van der Waals surface area contributed by atoms with Gasteiger partial charge in [-0.15, -0.1) is 0 Å². The molecule has 0 aliphatic heterocycles. The molecule has 0 aromatic heterocycles. The van der Waals surface area contributed by atoms with E-state index in [1.165, 1.54) is 12.1 Å². The van der Waals surface area contributed by atoms with E-state index in [0.29, 0.717) is 11.3 Å². The zero-order valence-corrected chi connectivity index (χ0v) is 14.3. The van der Waals surface area contributed by atoms with Gasteiger partial charge in [0.1, 0.15) is 0 Å². The zero-order valence-electron chi connectivity index (χ0n) is 11.9. The van der Waals surface area contributed by atoms with Gasteiger partial charge in [-0.2, -0.15) is 0 Å². The second kappa shape index (κ2) is 6.10. The highest BCUT2D eigenvalue weighted by atomic mass is 79.9. The fourth-order valence-electron chi connectivity index (χ4n) is 1.94. The summed E-state index contributed by atoms with van der Waals surface area (Å²) in [5, 5.41) is 9.00. The quantitative estimate of drug-likeness (QED) is 0.844. The fourth-order valence-corrected chi connectivity index (χ4v) is 3.51. The predicted octanol–water partition coefficient (Wildman–Crippen LogP) is 3.56. The molecule has 0 fully saturated rings. The molecule has 2 aromatic rings. The summed E-state index contributed by atoms with van der Waals surface area (Å²) in [7, 11) is -3.86. The van der Waals surface area contributed by atoms with Crippen molar-refractivity contribution in [3.8, 4) is 0 Å². The maximum absolute atomic E-state index is 12.5. The van der Waals surface area contributed by atoms with E-state index in [-0.39, 0.29) is 10.5 Å². The average molecular weight is 384 g/mol. The third kappa shape index (κ3) is 3.48. The molecule has 0 amide bonds. The lowest BCUT2D eigenvalue weighted by Crippen LogP contribution is -2.15. The molecule has 0 saturated carbocycles. The van der Waals surface area contributed by atoms with E-state index in [4.69, 9.17) is 5.11 Å². The Bertz CT molecular complexity index is 847. The molecule has 0 spiro atoms. The summed E-state index contributed by atoms with van der Waals surface area (Å²) in [5.41, 5.74) is 1.71. The third-order valence-corrected chi connectivity index (χ3v) is 5.55. The monoisotopic (exact) mass is 383 g/mol. The molecular formula is C15H14BrNO4S. The lowest BCUT2D eigenvalue weighted by atomic mass is 10.1. The number of hydrogen-bond acceptors (Lipinski definition) is 3. The van der Waals surface area contributed by atoms with Gasteiger partial charge < -0.3 is 5.11 Å². The van der Waals surface area contributed by atoms with Crippen LogP contribution in [-0.2, 0) is 10.0 Å². The van der Waals surface area contributed by atoms with Crippen LogP contribution < -0.4 is 4.72 Å². The number of rotatable bonds is 4. The van der Waals surface area contributed by atoms with Crippen LogP contribution in [-0.4, -0.2) is 19.5 Å². The summed E-state index contributed by atoms with van der Waals surface area (Å²) in [4.78, 5) is 11.0. The molecule has 0 saturated heterocycles. The number of carboxylic acid groups (broad SMARTS) is 1. The van der Waals surface area contributed by atoms with Crippen molar-refractivity contribution in [2.45, 2.75) is 18.7 Å². The van der Waals surface area contributed by atoms with E-state index in [1.807, 2.05) is 6.92 Å². The summed E-state index contributed by atoms with van der Waals surface area (Å²) in [5.74, 6) is -1.17. The minimum Gasteiger partial charge on any atom is -0.478 e. The summed E-state index contributed by atoms with van der Waals surface area (Å²) in [6.07, 6.45) is 0. The molecule has 2 N–H and O–H groups in total. The van der Waals surface area contributed by atoms with Gasteiger partial charge in [-0.05, 0) is 55.3 Å². The largest absolute Gasteiger partial charge is 0.478 e. The normalized spacial score (nSPS) is 11.2. The van der Waals surface area contributed by atoms with E-state index in [0.717, 1.165) is 16.1 Å². The van der Waals surface area contributed by atoms with Crippen LogP contribution in [0.5, 0.6) is 0 Å². The van der Waals surface area contributed by atoms with Crippen molar-refractivity contribution in [3.05, 3.63) is 57.6 Å². The first-order valence-electron chi connectivity index (χ1n) is 6.33. The smallest absolute Gasteiger partial charge is 0.335 e. The molecule has 0 atom stereocenters. The van der Waals surface area contributed by atoms with Gasteiger partial charge in [-0.3, -0.25) is 4.72 Å². The Labute approximate surface area is 137 Å². The lowest BCUT2D eigenvalue weighted by Gasteiger charge is -2.12. The highest BCUT2D eigenvalue weighted by Crippen LogP contribution is 2.24. The highest BCUT2D eigenvalue weighted by Gasteiger charge is 2.19. The number of aromatic carboxylic acids is 1. The molecular weight excluding hydrogens is 370 g/mol. The third-order valence-electron chi connectivity index (χ3n) is 3.13. The van der Waals surface area contributed by atoms with Gasteiger partial charge in [0.25, 0.3) is 10.0 Å². The number of nitrogens with one attached hydrogen (secondary N) is 1. The van der Waals surface area contributed by atoms with Crippen molar-refractivity contribution in [1.29, 1.82) is 0 Å². The van der Waals surface area contributed by atoms with Crippen molar-refractivity contribution in [1.82, 2.24) is 0 Å². The number of sulfonamides is 1. The topological polar surface area (TPSA) is 83.5 Å². The van der Waals surface area contributed by atoms with Gasteiger partial charge >= 0.3 is 5.97 Å². The molecule has 2 rings (SSSR count). The number of carboxylic acids is 1. The van der Waals surface area contributed by atoms with E-state index >= 15 is 0 Å². The van der Waals surface area contributed by atoms with Gasteiger partial charge in [-0.1, -0.05) is 22.0 Å². The SMILES string of the molecule is Cc1cc(NS(=O)(=O)c2cc(C(=O)O)ccc2C)ccc1Br. The maximum atomic E-state index is 12.5. The van der Waals surface area contributed by atoms with Crippen LogP contribution in [0.15, 0.2) is 45.8 Å². The molecule has 0 unspecified atom stereocenters. The Morgan fingerprint density at radius 3 is 2.36 bits per heavy atom. The van der Waals surface area contributed by atoms with Crippen molar-refractivity contribution in [2.75, 3.05) is 4.72 Å². The number of halogens is 1. The van der Waals surface area contributed by atoms with Crippen LogP contribution in [0.3, 0.4) is 0 Å². The molecule has 0 aliphatic carbocycles. The minimum atomic E-state index is -3.86. The first kappa shape index (κ1) is 16.5. The molecule has 116 valence electrons. The van der Waals surface area contributed by atoms with Gasteiger partial charge in [-0.25, -0.2) is 13.2 Å². The van der Waals surface area contributed by atoms with Gasteiger partial charge in [0, 0.05) is 10.2 Å². The summed E-state index contributed by atoms with van der Waals surface area (Å²) < 4.78 is 28.3. The first-order valence-corrected chi connectivity index (χ1v) is 8.61. The van der Waals surface area contributed by atoms with Crippen molar-refractivity contribution in [3.63, 3.8) is 0 Å². The Kier molecular flexibility index (Phi) is 4.58. The Morgan fingerprint density at radius 1 is 1.09 bits per heavy atom. The highest BCUT2D eigenvalue weighted by molar-refractivity contribution is 9.10. The first-order chi connectivity index (χ1) is 10.2. The zero-order chi connectivity index (χ0) is 16.5. The van der Waals surface area contributed by atoms with Crippen LogP contribution >= 0.6 is 15.9 Å².